The molecule has 2 N–H and O–H groups in total. The predicted molar refractivity (Wildman–Crippen MR) is 74.1 cm³/mol. The molecule has 0 spiro atoms. The molecular weight excluding hydrogens is 250 g/mol. The number of hydrogen-bond acceptors (Lipinski definition) is 2. The number of hydrogen-bond donors (Lipinski definition) is 2. The third-order valence-corrected chi connectivity index (χ3v) is 3.49. The zero-order valence-electron chi connectivity index (χ0n) is 10.4. The fourth-order valence-corrected chi connectivity index (χ4v) is 2.20. The highest BCUT2D eigenvalue weighted by atomic mass is 35.5. The van der Waals surface area contributed by atoms with Crippen LogP contribution in [0.15, 0.2) is 24.3 Å². The van der Waals surface area contributed by atoms with Crippen LogP contribution in [-0.2, 0) is 0 Å². The van der Waals surface area contributed by atoms with Gasteiger partial charge in [-0.15, -0.1) is 0 Å². The summed E-state index contributed by atoms with van der Waals surface area (Å²) in [6, 6.07) is 7.32. The van der Waals surface area contributed by atoms with Crippen LogP contribution in [-0.4, -0.2) is 37.1 Å². The van der Waals surface area contributed by atoms with Crippen molar-refractivity contribution >= 4 is 23.3 Å². The summed E-state index contributed by atoms with van der Waals surface area (Å²) in [5.41, 5.74) is 0.764. The molecule has 5 heteroatoms. The number of likely N-dealkylation sites (N-methyl/N-ethyl adjacent to an activating group) is 1. The first-order chi connectivity index (χ1) is 8.66. The molecule has 1 aliphatic heterocycles. The number of rotatable bonds is 2. The average Bonchev–Trinajstić information content (AvgIpc) is 2.41. The van der Waals surface area contributed by atoms with Crippen LogP contribution in [0.1, 0.15) is 12.8 Å². The molecule has 0 aromatic heterocycles. The van der Waals surface area contributed by atoms with E-state index in [9.17, 15) is 4.79 Å². The Hall–Kier alpha value is -1.26. The second-order valence-electron chi connectivity index (χ2n) is 4.55. The van der Waals surface area contributed by atoms with Gasteiger partial charge in [0.25, 0.3) is 0 Å². The Kier molecular flexibility index (Phi) is 4.44. The van der Waals surface area contributed by atoms with Gasteiger partial charge in [-0.3, -0.25) is 0 Å². The summed E-state index contributed by atoms with van der Waals surface area (Å²) in [7, 11) is 1.84. The van der Waals surface area contributed by atoms with Gasteiger partial charge in [-0.05, 0) is 43.7 Å². The zero-order chi connectivity index (χ0) is 13.0. The number of carbonyl (C=O) groups excluding carboxylic acids is 1. The van der Waals surface area contributed by atoms with E-state index in [2.05, 4.69) is 10.6 Å². The highest BCUT2D eigenvalue weighted by Gasteiger charge is 2.21. The molecule has 1 fully saturated rings. The van der Waals surface area contributed by atoms with E-state index in [0.717, 1.165) is 31.6 Å². The molecule has 2 amide bonds. The van der Waals surface area contributed by atoms with Crippen molar-refractivity contribution in [3.05, 3.63) is 29.3 Å². The van der Waals surface area contributed by atoms with Crippen LogP contribution in [0.4, 0.5) is 10.5 Å². The van der Waals surface area contributed by atoms with Crippen LogP contribution >= 0.6 is 11.6 Å². The van der Waals surface area contributed by atoms with E-state index >= 15 is 0 Å². The Balaban J connectivity index is 1.92. The Bertz CT molecular complexity index is 401. The summed E-state index contributed by atoms with van der Waals surface area (Å²) in [6.45, 7) is 1.91. The fraction of sp³-hybridized carbons (Fsp3) is 0.462. The maximum atomic E-state index is 12.1. The SMILES string of the molecule is CN(C(=O)Nc1ccc(Cl)cc1)C1CCCNC1. The predicted octanol–water partition coefficient (Wildman–Crippen LogP) is 2.56. The van der Waals surface area contributed by atoms with Crippen molar-refractivity contribution in [3.8, 4) is 0 Å². The molecule has 0 bridgehead atoms. The van der Waals surface area contributed by atoms with Gasteiger partial charge >= 0.3 is 6.03 Å². The van der Waals surface area contributed by atoms with Crippen molar-refractivity contribution < 1.29 is 4.79 Å². The number of halogens is 1. The summed E-state index contributed by atoms with van der Waals surface area (Å²) >= 11 is 5.80. The van der Waals surface area contributed by atoms with Crippen molar-refractivity contribution in [3.63, 3.8) is 0 Å². The lowest BCUT2D eigenvalue weighted by atomic mass is 10.1. The second kappa shape index (κ2) is 6.07. The molecule has 2 rings (SSSR count). The number of amides is 2. The van der Waals surface area contributed by atoms with Crippen LogP contribution in [0.5, 0.6) is 0 Å². The normalized spacial score (nSPS) is 19.3. The smallest absolute Gasteiger partial charge is 0.321 e. The van der Waals surface area contributed by atoms with Gasteiger partial charge in [-0.1, -0.05) is 11.6 Å². The monoisotopic (exact) mass is 267 g/mol. The van der Waals surface area contributed by atoms with Gasteiger partial charge in [0.15, 0.2) is 0 Å². The van der Waals surface area contributed by atoms with Gasteiger partial charge in [0.2, 0.25) is 0 Å². The summed E-state index contributed by atoms with van der Waals surface area (Å²) in [5, 5.41) is 6.83. The number of piperidine rings is 1. The van der Waals surface area contributed by atoms with E-state index in [1.54, 1.807) is 29.2 Å². The molecule has 4 nitrogen and oxygen atoms in total. The second-order valence-corrected chi connectivity index (χ2v) is 4.98. The minimum atomic E-state index is -0.0778. The Labute approximate surface area is 112 Å². The van der Waals surface area contributed by atoms with Gasteiger partial charge in [-0.25, -0.2) is 4.79 Å². The molecule has 0 radical (unpaired) electrons. The third-order valence-electron chi connectivity index (χ3n) is 3.23. The fourth-order valence-electron chi connectivity index (χ4n) is 2.07. The molecule has 1 saturated heterocycles. The molecule has 1 atom stereocenters. The molecule has 18 heavy (non-hydrogen) atoms. The Morgan fingerprint density at radius 3 is 2.78 bits per heavy atom. The first kappa shape index (κ1) is 13.2. The van der Waals surface area contributed by atoms with Gasteiger partial charge in [-0.2, -0.15) is 0 Å². The first-order valence-corrected chi connectivity index (χ1v) is 6.55. The van der Waals surface area contributed by atoms with Crippen LogP contribution in [0.2, 0.25) is 5.02 Å². The average molecular weight is 268 g/mol. The van der Waals surface area contributed by atoms with Crippen molar-refractivity contribution in [1.82, 2.24) is 10.2 Å². The first-order valence-electron chi connectivity index (χ1n) is 6.17. The van der Waals surface area contributed by atoms with Crippen LogP contribution < -0.4 is 10.6 Å². The standard InChI is InChI=1S/C13H18ClN3O/c1-17(12-3-2-8-15-9-12)13(18)16-11-6-4-10(14)5-7-11/h4-7,12,15H,2-3,8-9H2,1H3,(H,16,18). The van der Waals surface area contributed by atoms with E-state index in [0.29, 0.717) is 5.02 Å². The molecular formula is C13H18ClN3O. The Morgan fingerprint density at radius 1 is 1.44 bits per heavy atom. The van der Waals surface area contributed by atoms with E-state index in [4.69, 9.17) is 11.6 Å². The van der Waals surface area contributed by atoms with Gasteiger partial charge < -0.3 is 15.5 Å². The van der Waals surface area contributed by atoms with Crippen molar-refractivity contribution in [1.29, 1.82) is 0 Å². The Morgan fingerprint density at radius 2 is 2.17 bits per heavy atom. The van der Waals surface area contributed by atoms with Gasteiger partial charge in [0.05, 0.1) is 0 Å². The van der Waals surface area contributed by atoms with E-state index in [1.165, 1.54) is 0 Å². The number of nitrogens with zero attached hydrogens (tertiary/aromatic N) is 1. The number of anilines is 1. The molecule has 98 valence electrons. The minimum Gasteiger partial charge on any atom is -0.323 e. The van der Waals surface area contributed by atoms with Crippen LogP contribution in [0, 0.1) is 0 Å². The van der Waals surface area contributed by atoms with E-state index in [-0.39, 0.29) is 12.1 Å². The number of carbonyl (C=O) groups is 1. The molecule has 1 heterocycles. The molecule has 1 aliphatic rings. The van der Waals surface area contributed by atoms with E-state index in [1.807, 2.05) is 7.05 Å². The summed E-state index contributed by atoms with van der Waals surface area (Å²) in [4.78, 5) is 13.8. The topological polar surface area (TPSA) is 44.4 Å². The van der Waals surface area contributed by atoms with Gasteiger partial charge in [0, 0.05) is 30.3 Å². The number of benzene rings is 1. The summed E-state index contributed by atoms with van der Waals surface area (Å²) in [5.74, 6) is 0. The van der Waals surface area contributed by atoms with Crippen molar-refractivity contribution in [2.24, 2.45) is 0 Å². The number of urea groups is 1. The maximum Gasteiger partial charge on any atom is 0.321 e. The highest BCUT2D eigenvalue weighted by molar-refractivity contribution is 6.30. The maximum absolute atomic E-state index is 12.1. The van der Waals surface area contributed by atoms with Crippen LogP contribution in [0.3, 0.4) is 0 Å². The lowest BCUT2D eigenvalue weighted by molar-refractivity contribution is 0.191. The van der Waals surface area contributed by atoms with Crippen LogP contribution in [0.25, 0.3) is 0 Å². The number of nitrogens with one attached hydrogen (secondary N) is 2. The molecule has 1 unspecified atom stereocenters. The molecule has 1 aromatic carbocycles. The molecule has 0 saturated carbocycles. The highest BCUT2D eigenvalue weighted by Crippen LogP contribution is 2.15. The quantitative estimate of drug-likeness (QED) is 0.865. The summed E-state index contributed by atoms with van der Waals surface area (Å²) in [6.07, 6.45) is 2.17. The molecule has 1 aromatic rings. The zero-order valence-corrected chi connectivity index (χ0v) is 11.2. The van der Waals surface area contributed by atoms with Crippen molar-refractivity contribution in [2.45, 2.75) is 18.9 Å². The lowest BCUT2D eigenvalue weighted by Gasteiger charge is -2.31. The third kappa shape index (κ3) is 3.37. The summed E-state index contributed by atoms with van der Waals surface area (Å²) < 4.78 is 0. The van der Waals surface area contributed by atoms with Crippen molar-refractivity contribution in [2.75, 3.05) is 25.5 Å². The van der Waals surface area contributed by atoms with E-state index < -0.39 is 0 Å². The molecule has 0 aliphatic carbocycles. The lowest BCUT2D eigenvalue weighted by Crippen LogP contribution is -2.48. The van der Waals surface area contributed by atoms with Gasteiger partial charge in [0.1, 0.15) is 0 Å². The largest absolute Gasteiger partial charge is 0.323 e. The minimum absolute atomic E-state index is 0.0778.